The minimum absolute atomic E-state index is 0.0655. The second kappa shape index (κ2) is 8.06. The number of amides is 1. The van der Waals surface area contributed by atoms with Crippen LogP contribution in [0, 0.1) is 19.8 Å². The van der Waals surface area contributed by atoms with Gasteiger partial charge < -0.3 is 19.7 Å². The molecule has 1 amide bonds. The number of hydrogen-bond donors (Lipinski definition) is 1. The minimum atomic E-state index is -0.0835. The zero-order chi connectivity index (χ0) is 21.4. The molecule has 0 aliphatic carbocycles. The summed E-state index contributed by atoms with van der Waals surface area (Å²) < 4.78 is 10.8. The molecule has 2 aliphatic heterocycles. The number of benzene rings is 2. The molecule has 1 atom stereocenters. The molecule has 160 valence electrons. The van der Waals surface area contributed by atoms with Crippen molar-refractivity contribution in [2.24, 2.45) is 5.92 Å². The van der Waals surface area contributed by atoms with Crippen molar-refractivity contribution in [1.82, 2.24) is 15.3 Å². The quantitative estimate of drug-likeness (QED) is 0.699. The van der Waals surface area contributed by atoms with Crippen molar-refractivity contribution < 1.29 is 14.3 Å². The number of aromatic nitrogens is 2. The van der Waals surface area contributed by atoms with Gasteiger partial charge in [0.1, 0.15) is 0 Å². The fraction of sp³-hybridized carbons (Fsp3) is 0.375. The zero-order valence-electron chi connectivity index (χ0n) is 17.9. The number of fused-ring (bicyclic) bond motifs is 2. The molecule has 0 saturated carbocycles. The Labute approximate surface area is 181 Å². The molecule has 7 heteroatoms. The monoisotopic (exact) mass is 418 g/mol. The summed E-state index contributed by atoms with van der Waals surface area (Å²) in [6, 6.07) is 12.0. The molecule has 31 heavy (non-hydrogen) atoms. The SMILES string of the molecule is Cc1ccc2c(C)nc(N3CCC[C@@H](C(=O)NCc4ccc5c(c4)OCO5)C3)nc2c1. The van der Waals surface area contributed by atoms with E-state index in [1.807, 2.05) is 25.1 Å². The van der Waals surface area contributed by atoms with Gasteiger partial charge in [-0.3, -0.25) is 4.79 Å². The molecule has 1 fully saturated rings. The summed E-state index contributed by atoms with van der Waals surface area (Å²) in [5.74, 6) is 2.17. The van der Waals surface area contributed by atoms with Crippen molar-refractivity contribution in [1.29, 1.82) is 0 Å². The van der Waals surface area contributed by atoms with E-state index >= 15 is 0 Å². The van der Waals surface area contributed by atoms with Crippen LogP contribution in [-0.2, 0) is 11.3 Å². The smallest absolute Gasteiger partial charge is 0.231 e. The molecule has 5 rings (SSSR count). The standard InChI is InChI=1S/C24H26N4O3/c1-15-5-7-19-16(2)26-24(27-20(19)10-15)28-9-3-4-18(13-28)23(29)25-12-17-6-8-21-22(11-17)31-14-30-21/h5-8,10-11,18H,3-4,9,12-14H2,1-2H3,(H,25,29)/t18-/m1/s1. The van der Waals surface area contributed by atoms with E-state index in [4.69, 9.17) is 19.4 Å². The number of hydrogen-bond acceptors (Lipinski definition) is 6. The number of ether oxygens (including phenoxy) is 2. The van der Waals surface area contributed by atoms with Gasteiger partial charge in [0.2, 0.25) is 18.6 Å². The van der Waals surface area contributed by atoms with Gasteiger partial charge in [-0.05, 0) is 56.0 Å². The van der Waals surface area contributed by atoms with Gasteiger partial charge in [-0.1, -0.05) is 18.2 Å². The van der Waals surface area contributed by atoms with E-state index < -0.39 is 0 Å². The van der Waals surface area contributed by atoms with Gasteiger partial charge in [-0.2, -0.15) is 0 Å². The van der Waals surface area contributed by atoms with Crippen molar-refractivity contribution in [3.8, 4) is 11.5 Å². The Balaban J connectivity index is 1.26. The van der Waals surface area contributed by atoms with E-state index in [-0.39, 0.29) is 18.6 Å². The molecule has 0 spiro atoms. The highest BCUT2D eigenvalue weighted by Crippen LogP contribution is 2.32. The molecular formula is C24H26N4O3. The predicted octanol–water partition coefficient (Wildman–Crippen LogP) is 3.51. The Kier molecular flexibility index (Phi) is 5.10. The van der Waals surface area contributed by atoms with Gasteiger partial charge >= 0.3 is 0 Å². The number of nitrogens with one attached hydrogen (secondary N) is 1. The van der Waals surface area contributed by atoms with Crippen molar-refractivity contribution in [3.63, 3.8) is 0 Å². The molecular weight excluding hydrogens is 392 g/mol. The van der Waals surface area contributed by atoms with Crippen LogP contribution in [0.2, 0.25) is 0 Å². The third kappa shape index (κ3) is 4.00. The van der Waals surface area contributed by atoms with Crippen LogP contribution in [0.3, 0.4) is 0 Å². The van der Waals surface area contributed by atoms with Crippen molar-refractivity contribution in [2.45, 2.75) is 33.2 Å². The number of aryl methyl sites for hydroxylation is 2. The number of carbonyl (C=O) groups is 1. The zero-order valence-corrected chi connectivity index (χ0v) is 17.9. The second-order valence-corrected chi connectivity index (χ2v) is 8.32. The molecule has 7 nitrogen and oxygen atoms in total. The Morgan fingerprint density at radius 2 is 2.00 bits per heavy atom. The molecule has 3 heterocycles. The van der Waals surface area contributed by atoms with E-state index in [9.17, 15) is 4.79 Å². The van der Waals surface area contributed by atoms with Gasteiger partial charge in [0.15, 0.2) is 11.5 Å². The molecule has 1 saturated heterocycles. The largest absolute Gasteiger partial charge is 0.454 e. The Morgan fingerprint density at radius 3 is 2.90 bits per heavy atom. The third-order valence-electron chi connectivity index (χ3n) is 6.01. The fourth-order valence-electron chi connectivity index (χ4n) is 4.28. The summed E-state index contributed by atoms with van der Waals surface area (Å²) in [4.78, 5) is 24.5. The van der Waals surface area contributed by atoms with Crippen molar-refractivity contribution in [2.75, 3.05) is 24.8 Å². The van der Waals surface area contributed by atoms with Crippen LogP contribution < -0.4 is 19.7 Å². The van der Waals surface area contributed by atoms with E-state index in [2.05, 4.69) is 35.3 Å². The van der Waals surface area contributed by atoms with Crippen LogP contribution in [0.1, 0.15) is 29.7 Å². The van der Waals surface area contributed by atoms with Crippen LogP contribution in [0.25, 0.3) is 10.9 Å². The Bertz CT molecular complexity index is 1150. The van der Waals surface area contributed by atoms with Crippen LogP contribution in [0.5, 0.6) is 11.5 Å². The summed E-state index contributed by atoms with van der Waals surface area (Å²) in [7, 11) is 0. The molecule has 3 aromatic rings. The first-order valence-electron chi connectivity index (χ1n) is 10.7. The molecule has 1 aromatic heterocycles. The maximum atomic E-state index is 12.9. The second-order valence-electron chi connectivity index (χ2n) is 8.32. The Hall–Kier alpha value is -3.35. The summed E-state index contributed by atoms with van der Waals surface area (Å²) in [5, 5.41) is 4.15. The fourth-order valence-corrected chi connectivity index (χ4v) is 4.28. The Morgan fingerprint density at radius 1 is 1.13 bits per heavy atom. The lowest BCUT2D eigenvalue weighted by molar-refractivity contribution is -0.125. The normalized spacial score (nSPS) is 17.7. The molecule has 2 aliphatic rings. The molecule has 1 N–H and O–H groups in total. The van der Waals surface area contributed by atoms with Crippen LogP contribution in [-0.4, -0.2) is 35.8 Å². The maximum absolute atomic E-state index is 12.9. The number of carbonyl (C=O) groups excluding carboxylic acids is 1. The van der Waals surface area contributed by atoms with Crippen LogP contribution >= 0.6 is 0 Å². The number of piperidine rings is 1. The number of nitrogens with zero attached hydrogens (tertiary/aromatic N) is 3. The van der Waals surface area contributed by atoms with E-state index in [0.717, 1.165) is 53.0 Å². The first-order valence-corrected chi connectivity index (χ1v) is 10.7. The summed E-state index contributed by atoms with van der Waals surface area (Å²) in [6.45, 7) is 6.29. The van der Waals surface area contributed by atoms with Gasteiger partial charge in [0.05, 0.1) is 17.1 Å². The molecule has 0 unspecified atom stereocenters. The van der Waals surface area contributed by atoms with Gasteiger partial charge in [-0.15, -0.1) is 0 Å². The first kappa shape index (κ1) is 19.6. The minimum Gasteiger partial charge on any atom is -0.454 e. The third-order valence-corrected chi connectivity index (χ3v) is 6.01. The average molecular weight is 418 g/mol. The highest BCUT2D eigenvalue weighted by Gasteiger charge is 2.27. The predicted molar refractivity (Wildman–Crippen MR) is 118 cm³/mol. The van der Waals surface area contributed by atoms with Crippen LogP contribution in [0.15, 0.2) is 36.4 Å². The van der Waals surface area contributed by atoms with Gasteiger partial charge in [-0.25, -0.2) is 9.97 Å². The van der Waals surface area contributed by atoms with Gasteiger partial charge in [0.25, 0.3) is 0 Å². The summed E-state index contributed by atoms with van der Waals surface area (Å²) >= 11 is 0. The topological polar surface area (TPSA) is 76.6 Å². The van der Waals surface area contributed by atoms with Crippen molar-refractivity contribution >= 4 is 22.8 Å². The highest BCUT2D eigenvalue weighted by molar-refractivity contribution is 5.83. The van der Waals surface area contributed by atoms with E-state index in [1.165, 1.54) is 5.56 Å². The number of anilines is 1. The average Bonchev–Trinajstić information content (AvgIpc) is 3.25. The molecule has 2 aromatic carbocycles. The summed E-state index contributed by atoms with van der Waals surface area (Å²) in [6.07, 6.45) is 1.81. The van der Waals surface area contributed by atoms with Gasteiger partial charge in [0, 0.05) is 25.0 Å². The number of rotatable bonds is 4. The first-order chi connectivity index (χ1) is 15.1. The maximum Gasteiger partial charge on any atom is 0.231 e. The molecule has 0 bridgehead atoms. The van der Waals surface area contributed by atoms with E-state index in [1.54, 1.807) is 0 Å². The van der Waals surface area contributed by atoms with E-state index in [0.29, 0.717) is 19.0 Å². The highest BCUT2D eigenvalue weighted by atomic mass is 16.7. The summed E-state index contributed by atoms with van der Waals surface area (Å²) in [5.41, 5.74) is 4.09. The molecule has 0 radical (unpaired) electrons. The lowest BCUT2D eigenvalue weighted by Crippen LogP contribution is -2.43. The van der Waals surface area contributed by atoms with Crippen LogP contribution in [0.4, 0.5) is 5.95 Å². The lowest BCUT2D eigenvalue weighted by atomic mass is 9.97. The van der Waals surface area contributed by atoms with Crippen molar-refractivity contribution in [3.05, 3.63) is 53.2 Å². The lowest BCUT2D eigenvalue weighted by Gasteiger charge is -2.32.